The molecule has 1 aliphatic carbocycles. The van der Waals surface area contributed by atoms with Crippen LogP contribution >= 0.6 is 0 Å². The van der Waals surface area contributed by atoms with Gasteiger partial charge in [0.15, 0.2) is 0 Å². The Morgan fingerprint density at radius 2 is 2.15 bits per heavy atom. The van der Waals surface area contributed by atoms with Crippen molar-refractivity contribution in [1.82, 2.24) is 4.98 Å². The molecule has 4 nitrogen and oxygen atoms in total. The number of hydrogen-bond donors (Lipinski definition) is 1. The first kappa shape index (κ1) is 7.79. The lowest BCUT2D eigenvalue weighted by molar-refractivity contribution is -0.496. The zero-order chi connectivity index (χ0) is 9.26. The highest BCUT2D eigenvalue weighted by Crippen LogP contribution is 2.16. The van der Waals surface area contributed by atoms with Crippen molar-refractivity contribution in [2.24, 2.45) is 0 Å². The maximum Gasteiger partial charge on any atom is 0.250 e. The summed E-state index contributed by atoms with van der Waals surface area (Å²) in [4.78, 5) is 13.1. The van der Waals surface area contributed by atoms with E-state index in [0.29, 0.717) is 0 Å². The van der Waals surface area contributed by atoms with Crippen molar-refractivity contribution in [3.8, 4) is 0 Å². The van der Waals surface area contributed by atoms with E-state index >= 15 is 0 Å². The van der Waals surface area contributed by atoms with Crippen molar-refractivity contribution in [2.45, 2.75) is 6.04 Å². The molecule has 0 aliphatic heterocycles. The molecule has 1 N–H and O–H groups in total. The summed E-state index contributed by atoms with van der Waals surface area (Å²) in [5, 5.41) is 10.5. The molecule has 66 valence electrons. The highest BCUT2D eigenvalue weighted by atomic mass is 16.6. The fourth-order valence-electron chi connectivity index (χ4n) is 1.29. The first-order valence-corrected chi connectivity index (χ1v) is 3.94. The minimum absolute atomic E-state index is 0.321. The van der Waals surface area contributed by atoms with E-state index in [9.17, 15) is 10.1 Å². The largest absolute Gasteiger partial charge is 0.361 e. The summed E-state index contributed by atoms with van der Waals surface area (Å²) >= 11 is 0. The molecule has 13 heavy (non-hydrogen) atoms. The van der Waals surface area contributed by atoms with Gasteiger partial charge in [0, 0.05) is 16.8 Å². The fourth-order valence-corrected chi connectivity index (χ4v) is 1.29. The van der Waals surface area contributed by atoms with Crippen molar-refractivity contribution in [3.05, 3.63) is 45.8 Å². The number of nitro groups is 1. The Hall–Kier alpha value is -1.84. The van der Waals surface area contributed by atoms with E-state index in [1.807, 2.05) is 12.3 Å². The Labute approximate surface area is 74.7 Å². The number of rotatable bonds is 1. The Morgan fingerprint density at radius 1 is 1.38 bits per heavy atom. The van der Waals surface area contributed by atoms with Crippen LogP contribution in [-0.2, 0) is 0 Å². The normalized spacial score (nSPS) is 19.5. The van der Waals surface area contributed by atoms with Gasteiger partial charge in [-0.3, -0.25) is 10.1 Å². The SMILES string of the molecule is O=[N+]([O-])C1C=Cc2cc[nH]c2C=C1. The lowest BCUT2D eigenvalue weighted by Gasteiger charge is -1.94. The molecule has 0 bridgehead atoms. The van der Waals surface area contributed by atoms with Gasteiger partial charge in [0.1, 0.15) is 0 Å². The quantitative estimate of drug-likeness (QED) is 0.523. The minimum Gasteiger partial charge on any atom is -0.361 e. The van der Waals surface area contributed by atoms with Crippen molar-refractivity contribution in [3.63, 3.8) is 0 Å². The molecule has 0 saturated carbocycles. The Bertz CT molecular complexity index is 362. The number of H-pyrrole nitrogens is 1. The number of hydrogen-bond acceptors (Lipinski definition) is 2. The fraction of sp³-hybridized carbons (Fsp3) is 0.111. The molecule has 0 amide bonds. The van der Waals surface area contributed by atoms with Crippen LogP contribution in [-0.4, -0.2) is 15.9 Å². The molecule has 1 atom stereocenters. The second kappa shape index (κ2) is 2.90. The summed E-state index contributed by atoms with van der Waals surface area (Å²) in [7, 11) is 0. The van der Waals surface area contributed by atoms with Crippen LogP contribution < -0.4 is 0 Å². The molecule has 0 fully saturated rings. The monoisotopic (exact) mass is 176 g/mol. The predicted molar refractivity (Wildman–Crippen MR) is 49.6 cm³/mol. The van der Waals surface area contributed by atoms with E-state index in [4.69, 9.17) is 0 Å². The molecule has 1 unspecified atom stereocenters. The smallest absolute Gasteiger partial charge is 0.250 e. The predicted octanol–water partition coefficient (Wildman–Crippen LogP) is 1.70. The number of aromatic amines is 1. The summed E-state index contributed by atoms with van der Waals surface area (Å²) in [5.74, 6) is 0. The van der Waals surface area contributed by atoms with Crippen molar-refractivity contribution < 1.29 is 4.92 Å². The zero-order valence-electron chi connectivity index (χ0n) is 6.81. The van der Waals surface area contributed by atoms with E-state index in [0.717, 1.165) is 11.3 Å². The van der Waals surface area contributed by atoms with E-state index < -0.39 is 6.04 Å². The van der Waals surface area contributed by atoms with Crippen molar-refractivity contribution in [1.29, 1.82) is 0 Å². The topological polar surface area (TPSA) is 58.9 Å². The van der Waals surface area contributed by atoms with E-state index in [2.05, 4.69) is 4.98 Å². The van der Waals surface area contributed by atoms with Gasteiger partial charge < -0.3 is 4.98 Å². The highest BCUT2D eigenvalue weighted by Gasteiger charge is 2.14. The Morgan fingerprint density at radius 3 is 2.92 bits per heavy atom. The molecule has 0 spiro atoms. The number of nitrogens with zero attached hydrogens (tertiary/aromatic N) is 1. The third-order valence-electron chi connectivity index (χ3n) is 1.99. The molecule has 1 heterocycles. The summed E-state index contributed by atoms with van der Waals surface area (Å²) in [6, 6.07) is 1.18. The Balaban J connectivity index is 2.37. The van der Waals surface area contributed by atoms with Gasteiger partial charge in [-0.1, -0.05) is 0 Å². The number of fused-ring (bicyclic) bond motifs is 1. The average molecular weight is 176 g/mol. The van der Waals surface area contributed by atoms with Crippen LogP contribution in [0.3, 0.4) is 0 Å². The molecule has 1 aromatic rings. The lowest BCUT2D eigenvalue weighted by Crippen LogP contribution is -2.12. The molecule has 1 aromatic heterocycles. The van der Waals surface area contributed by atoms with E-state index in [-0.39, 0.29) is 4.92 Å². The van der Waals surface area contributed by atoms with Crippen LogP contribution in [0, 0.1) is 10.1 Å². The van der Waals surface area contributed by atoms with Crippen LogP contribution in [0.15, 0.2) is 24.4 Å². The Kier molecular flexibility index (Phi) is 1.73. The molecular formula is C9H8N2O2. The van der Waals surface area contributed by atoms with Crippen LogP contribution in [0.25, 0.3) is 12.2 Å². The van der Waals surface area contributed by atoms with Gasteiger partial charge in [-0.05, 0) is 35.9 Å². The van der Waals surface area contributed by atoms with Crippen molar-refractivity contribution >= 4 is 12.2 Å². The van der Waals surface area contributed by atoms with Gasteiger partial charge in [-0.25, -0.2) is 0 Å². The molecular weight excluding hydrogens is 168 g/mol. The summed E-state index contributed by atoms with van der Waals surface area (Å²) in [6.07, 6.45) is 8.46. The lowest BCUT2D eigenvalue weighted by atomic mass is 10.2. The zero-order valence-corrected chi connectivity index (χ0v) is 6.81. The molecule has 0 radical (unpaired) electrons. The van der Waals surface area contributed by atoms with Gasteiger partial charge in [-0.2, -0.15) is 0 Å². The minimum atomic E-state index is -0.708. The number of nitrogens with one attached hydrogen (secondary N) is 1. The standard InChI is InChI=1S/C9H8N2O2/c12-11(13)8-2-1-7-5-6-10-9(7)4-3-8/h1-6,8,10H. The molecule has 0 aromatic carbocycles. The second-order valence-electron chi connectivity index (χ2n) is 2.84. The third-order valence-corrected chi connectivity index (χ3v) is 1.99. The average Bonchev–Trinajstić information content (AvgIpc) is 2.44. The summed E-state index contributed by atoms with van der Waals surface area (Å²) < 4.78 is 0. The molecule has 0 saturated heterocycles. The maximum atomic E-state index is 10.5. The van der Waals surface area contributed by atoms with E-state index in [1.165, 1.54) is 0 Å². The van der Waals surface area contributed by atoms with Crippen LogP contribution in [0.4, 0.5) is 0 Å². The molecule has 4 heteroatoms. The highest BCUT2D eigenvalue weighted by molar-refractivity contribution is 5.65. The van der Waals surface area contributed by atoms with Gasteiger partial charge in [0.2, 0.25) is 6.04 Å². The second-order valence-corrected chi connectivity index (χ2v) is 2.84. The molecule has 1 aliphatic rings. The van der Waals surface area contributed by atoms with Gasteiger partial charge in [0.05, 0.1) is 0 Å². The van der Waals surface area contributed by atoms with Gasteiger partial charge in [-0.15, -0.1) is 0 Å². The van der Waals surface area contributed by atoms with E-state index in [1.54, 1.807) is 24.3 Å². The van der Waals surface area contributed by atoms with Crippen LogP contribution in [0.1, 0.15) is 11.3 Å². The first-order valence-electron chi connectivity index (χ1n) is 3.94. The number of aromatic nitrogens is 1. The van der Waals surface area contributed by atoms with Gasteiger partial charge in [0.25, 0.3) is 0 Å². The first-order chi connectivity index (χ1) is 6.27. The third kappa shape index (κ3) is 1.38. The maximum absolute atomic E-state index is 10.5. The van der Waals surface area contributed by atoms with Crippen LogP contribution in [0.2, 0.25) is 0 Å². The van der Waals surface area contributed by atoms with Crippen LogP contribution in [0.5, 0.6) is 0 Å². The summed E-state index contributed by atoms with van der Waals surface area (Å²) in [6.45, 7) is 0. The van der Waals surface area contributed by atoms with Gasteiger partial charge >= 0.3 is 0 Å². The van der Waals surface area contributed by atoms with Crippen molar-refractivity contribution in [2.75, 3.05) is 0 Å². The summed E-state index contributed by atoms with van der Waals surface area (Å²) in [5.41, 5.74) is 1.90. The molecule has 2 rings (SSSR count).